The van der Waals surface area contributed by atoms with Crippen molar-refractivity contribution in [2.45, 2.75) is 19.8 Å². The van der Waals surface area contributed by atoms with Gasteiger partial charge in [-0.15, -0.1) is 11.3 Å². The number of aromatic nitrogens is 2. The van der Waals surface area contributed by atoms with Crippen LogP contribution in [0.3, 0.4) is 0 Å². The van der Waals surface area contributed by atoms with E-state index in [0.29, 0.717) is 12.8 Å². The molecule has 2 aromatic heterocycles. The first kappa shape index (κ1) is 12.7. The highest BCUT2D eigenvalue weighted by atomic mass is 32.1. The Morgan fingerprint density at radius 2 is 2.28 bits per heavy atom. The Kier molecular flexibility index (Phi) is 4.04. The maximum absolute atomic E-state index is 11.1. The molecule has 2 heterocycles. The second kappa shape index (κ2) is 5.73. The molecule has 4 nitrogen and oxygen atoms in total. The summed E-state index contributed by atoms with van der Waals surface area (Å²) >= 11 is 1.58. The molecule has 0 amide bonds. The number of carbonyl (C=O) groups is 1. The lowest BCUT2D eigenvalue weighted by atomic mass is 10.2. The van der Waals surface area contributed by atoms with E-state index in [1.165, 1.54) is 7.11 Å². The number of methoxy groups -OCH3 is 1. The van der Waals surface area contributed by atoms with Crippen molar-refractivity contribution in [3.8, 4) is 10.7 Å². The smallest absolute Gasteiger partial charge is 0.305 e. The van der Waals surface area contributed by atoms with Gasteiger partial charge in [0, 0.05) is 11.1 Å². The molecule has 2 rings (SSSR count). The molecule has 18 heavy (non-hydrogen) atoms. The van der Waals surface area contributed by atoms with Crippen LogP contribution in [-0.2, 0) is 16.0 Å². The van der Waals surface area contributed by atoms with Gasteiger partial charge in [0.1, 0.15) is 5.01 Å². The van der Waals surface area contributed by atoms with Crippen LogP contribution in [0.2, 0.25) is 0 Å². The third kappa shape index (κ3) is 2.92. The maximum Gasteiger partial charge on any atom is 0.305 e. The van der Waals surface area contributed by atoms with Crippen molar-refractivity contribution < 1.29 is 9.53 Å². The highest BCUT2D eigenvalue weighted by Crippen LogP contribution is 2.27. The highest BCUT2D eigenvalue weighted by molar-refractivity contribution is 7.15. The number of nitrogens with zero attached hydrogens (tertiary/aromatic N) is 2. The number of ether oxygens (including phenoxy) is 1. The Balaban J connectivity index is 2.15. The molecular formula is C13H14N2O2S. The van der Waals surface area contributed by atoms with Gasteiger partial charge < -0.3 is 4.74 Å². The van der Waals surface area contributed by atoms with Crippen LogP contribution in [0.1, 0.15) is 17.0 Å². The number of esters is 1. The van der Waals surface area contributed by atoms with Crippen molar-refractivity contribution in [1.82, 2.24) is 9.97 Å². The average molecular weight is 262 g/mol. The van der Waals surface area contributed by atoms with Crippen molar-refractivity contribution in [1.29, 1.82) is 0 Å². The fourth-order valence-corrected chi connectivity index (χ4v) is 2.62. The minimum absolute atomic E-state index is 0.192. The van der Waals surface area contributed by atoms with Crippen molar-refractivity contribution in [2.24, 2.45) is 0 Å². The first-order valence-electron chi connectivity index (χ1n) is 5.65. The topological polar surface area (TPSA) is 52.1 Å². The molecule has 0 fully saturated rings. The molecule has 0 radical (unpaired) electrons. The van der Waals surface area contributed by atoms with Gasteiger partial charge in [0.2, 0.25) is 0 Å². The van der Waals surface area contributed by atoms with Crippen molar-refractivity contribution in [2.75, 3.05) is 7.11 Å². The SMILES string of the molecule is COC(=O)CCc1sc(-c2ccccn2)nc1C. The summed E-state index contributed by atoms with van der Waals surface area (Å²) in [6.45, 7) is 1.95. The molecule has 0 saturated heterocycles. The zero-order valence-corrected chi connectivity index (χ0v) is 11.2. The van der Waals surface area contributed by atoms with Gasteiger partial charge in [-0.2, -0.15) is 0 Å². The van der Waals surface area contributed by atoms with E-state index < -0.39 is 0 Å². The Labute approximate surface area is 110 Å². The standard InChI is InChI=1S/C13H14N2O2S/c1-9-11(6-7-12(16)17-2)18-13(15-9)10-5-3-4-8-14-10/h3-5,8H,6-7H2,1-2H3. The van der Waals surface area contributed by atoms with Crippen molar-refractivity contribution in [3.63, 3.8) is 0 Å². The van der Waals surface area contributed by atoms with E-state index in [4.69, 9.17) is 0 Å². The van der Waals surface area contributed by atoms with Gasteiger partial charge in [0.15, 0.2) is 0 Å². The van der Waals surface area contributed by atoms with E-state index >= 15 is 0 Å². The minimum atomic E-state index is -0.192. The number of rotatable bonds is 4. The summed E-state index contributed by atoms with van der Waals surface area (Å²) in [5.41, 5.74) is 1.83. The Morgan fingerprint density at radius 1 is 1.44 bits per heavy atom. The fraction of sp³-hybridized carbons (Fsp3) is 0.308. The molecule has 0 bridgehead atoms. The molecule has 2 aromatic rings. The molecule has 0 aromatic carbocycles. The van der Waals surface area contributed by atoms with Crippen LogP contribution < -0.4 is 0 Å². The first-order chi connectivity index (χ1) is 8.70. The number of pyridine rings is 1. The van der Waals surface area contributed by atoms with E-state index in [1.54, 1.807) is 17.5 Å². The lowest BCUT2D eigenvalue weighted by Crippen LogP contribution is -2.01. The summed E-state index contributed by atoms with van der Waals surface area (Å²) in [7, 11) is 1.40. The van der Waals surface area contributed by atoms with E-state index in [0.717, 1.165) is 21.3 Å². The van der Waals surface area contributed by atoms with Crippen LogP contribution in [-0.4, -0.2) is 23.0 Å². The summed E-state index contributed by atoms with van der Waals surface area (Å²) in [6.07, 6.45) is 2.81. The highest BCUT2D eigenvalue weighted by Gasteiger charge is 2.11. The molecular weight excluding hydrogens is 248 g/mol. The molecule has 0 aliphatic rings. The second-order valence-electron chi connectivity index (χ2n) is 3.82. The van der Waals surface area contributed by atoms with E-state index in [9.17, 15) is 4.79 Å². The Hall–Kier alpha value is -1.75. The predicted octanol–water partition coefficient (Wildman–Crippen LogP) is 2.62. The lowest BCUT2D eigenvalue weighted by Gasteiger charge is -1.97. The van der Waals surface area contributed by atoms with Gasteiger partial charge in [-0.1, -0.05) is 6.07 Å². The summed E-state index contributed by atoms with van der Waals surface area (Å²) < 4.78 is 4.64. The molecule has 5 heteroatoms. The molecule has 0 unspecified atom stereocenters. The number of hydrogen-bond acceptors (Lipinski definition) is 5. The summed E-state index contributed by atoms with van der Waals surface area (Å²) in [4.78, 5) is 21.0. The van der Waals surface area contributed by atoms with Gasteiger partial charge in [0.05, 0.1) is 24.9 Å². The molecule has 0 saturated carbocycles. The van der Waals surface area contributed by atoms with Gasteiger partial charge in [-0.25, -0.2) is 4.98 Å². The molecule has 0 N–H and O–H groups in total. The average Bonchev–Trinajstić information content (AvgIpc) is 2.78. The van der Waals surface area contributed by atoms with Crippen LogP contribution in [0.25, 0.3) is 10.7 Å². The minimum Gasteiger partial charge on any atom is -0.469 e. The van der Waals surface area contributed by atoms with Gasteiger partial charge in [-0.05, 0) is 25.5 Å². The van der Waals surface area contributed by atoms with Crippen molar-refractivity contribution in [3.05, 3.63) is 35.0 Å². The third-order valence-electron chi connectivity index (χ3n) is 2.56. The fourth-order valence-electron chi connectivity index (χ4n) is 1.58. The predicted molar refractivity (Wildman–Crippen MR) is 70.4 cm³/mol. The van der Waals surface area contributed by atoms with E-state index in [-0.39, 0.29) is 5.97 Å². The number of thiazole rings is 1. The molecule has 94 valence electrons. The Bertz CT molecular complexity index is 537. The molecule has 0 spiro atoms. The Morgan fingerprint density at radius 3 is 2.94 bits per heavy atom. The van der Waals surface area contributed by atoms with Crippen molar-refractivity contribution >= 4 is 17.3 Å². The summed E-state index contributed by atoms with van der Waals surface area (Å²) in [5.74, 6) is -0.192. The third-order valence-corrected chi connectivity index (χ3v) is 3.80. The van der Waals surface area contributed by atoms with Gasteiger partial charge >= 0.3 is 5.97 Å². The monoisotopic (exact) mass is 262 g/mol. The number of hydrogen-bond donors (Lipinski definition) is 0. The first-order valence-corrected chi connectivity index (χ1v) is 6.47. The molecule has 0 aliphatic carbocycles. The van der Waals surface area contributed by atoms with Crippen LogP contribution in [0.15, 0.2) is 24.4 Å². The maximum atomic E-state index is 11.1. The van der Waals surface area contributed by atoms with E-state index in [2.05, 4.69) is 14.7 Å². The van der Waals surface area contributed by atoms with E-state index in [1.807, 2.05) is 25.1 Å². The second-order valence-corrected chi connectivity index (χ2v) is 4.90. The number of carbonyl (C=O) groups excluding carboxylic acids is 1. The number of aryl methyl sites for hydroxylation is 2. The normalized spacial score (nSPS) is 10.3. The van der Waals surface area contributed by atoms with Crippen LogP contribution in [0.5, 0.6) is 0 Å². The van der Waals surface area contributed by atoms with Crippen LogP contribution in [0.4, 0.5) is 0 Å². The van der Waals surface area contributed by atoms with Gasteiger partial charge in [-0.3, -0.25) is 9.78 Å². The quantitative estimate of drug-likeness (QED) is 0.795. The summed E-state index contributed by atoms with van der Waals surface area (Å²) in [5, 5.41) is 0.896. The van der Waals surface area contributed by atoms with Gasteiger partial charge in [0.25, 0.3) is 0 Å². The van der Waals surface area contributed by atoms with Crippen LogP contribution in [0, 0.1) is 6.92 Å². The zero-order chi connectivity index (χ0) is 13.0. The molecule has 0 atom stereocenters. The largest absolute Gasteiger partial charge is 0.469 e. The zero-order valence-electron chi connectivity index (χ0n) is 10.3. The molecule has 0 aliphatic heterocycles. The summed E-state index contributed by atoms with van der Waals surface area (Å²) in [6, 6.07) is 5.75. The lowest BCUT2D eigenvalue weighted by molar-refractivity contribution is -0.140. The van der Waals surface area contributed by atoms with Crippen LogP contribution >= 0.6 is 11.3 Å².